The molecule has 3 amide bonds. The zero-order valence-electron chi connectivity index (χ0n) is 18.3. The van der Waals surface area contributed by atoms with Gasteiger partial charge in [0.25, 0.3) is 0 Å². The van der Waals surface area contributed by atoms with E-state index in [-0.39, 0.29) is 30.4 Å². The third-order valence-electron chi connectivity index (χ3n) is 7.44. The minimum Gasteiger partial charge on any atom is -0.394 e. The Kier molecular flexibility index (Phi) is 6.52. The predicted molar refractivity (Wildman–Crippen MR) is 110 cm³/mol. The first-order valence-electron chi connectivity index (χ1n) is 11.4. The summed E-state index contributed by atoms with van der Waals surface area (Å²) < 4.78 is 11.7. The Balaban J connectivity index is 1.56. The Morgan fingerprint density at radius 3 is 2.68 bits per heavy atom. The highest BCUT2D eigenvalue weighted by Crippen LogP contribution is 2.58. The smallest absolute Gasteiger partial charge is 0.245 e. The van der Waals surface area contributed by atoms with Gasteiger partial charge >= 0.3 is 0 Å². The van der Waals surface area contributed by atoms with Crippen LogP contribution < -0.4 is 10.6 Å². The average Bonchev–Trinajstić information content (AvgIpc) is 3.43. The third-order valence-corrected chi connectivity index (χ3v) is 7.44. The van der Waals surface area contributed by atoms with Gasteiger partial charge in [-0.1, -0.05) is 6.92 Å². The molecule has 3 N–H and O–H groups in total. The van der Waals surface area contributed by atoms with Crippen LogP contribution in [-0.2, 0) is 23.9 Å². The van der Waals surface area contributed by atoms with E-state index in [1.165, 1.54) is 4.90 Å². The van der Waals surface area contributed by atoms with Crippen LogP contribution in [0.4, 0.5) is 0 Å². The van der Waals surface area contributed by atoms with Crippen molar-refractivity contribution in [3.8, 4) is 0 Å². The van der Waals surface area contributed by atoms with Gasteiger partial charge in [-0.15, -0.1) is 0 Å². The van der Waals surface area contributed by atoms with Crippen LogP contribution in [0.1, 0.15) is 26.2 Å². The normalized spacial score (nSPS) is 35.8. The van der Waals surface area contributed by atoms with Crippen LogP contribution >= 0.6 is 0 Å². The van der Waals surface area contributed by atoms with Crippen molar-refractivity contribution in [1.82, 2.24) is 20.4 Å². The van der Waals surface area contributed by atoms with Crippen molar-refractivity contribution in [3.05, 3.63) is 0 Å². The Morgan fingerprint density at radius 1 is 1.29 bits per heavy atom. The highest BCUT2D eigenvalue weighted by atomic mass is 16.5. The highest BCUT2D eigenvalue weighted by Gasteiger charge is 2.74. The van der Waals surface area contributed by atoms with Crippen LogP contribution in [0.5, 0.6) is 0 Å². The summed E-state index contributed by atoms with van der Waals surface area (Å²) in [5, 5.41) is 15.6. The van der Waals surface area contributed by atoms with Crippen molar-refractivity contribution < 1.29 is 29.0 Å². The predicted octanol–water partition coefficient (Wildman–Crippen LogP) is -1.67. The fourth-order valence-electron chi connectivity index (χ4n) is 5.92. The van der Waals surface area contributed by atoms with Gasteiger partial charge in [0.1, 0.15) is 11.6 Å². The third kappa shape index (κ3) is 3.63. The fraction of sp³-hybridized carbons (Fsp3) is 0.857. The summed E-state index contributed by atoms with van der Waals surface area (Å²) >= 11 is 0. The number of rotatable bonds is 8. The summed E-state index contributed by atoms with van der Waals surface area (Å²) in [6.07, 6.45) is 1.36. The maximum Gasteiger partial charge on any atom is 0.245 e. The first-order chi connectivity index (χ1) is 15.0. The van der Waals surface area contributed by atoms with Crippen LogP contribution in [0.25, 0.3) is 0 Å². The molecule has 2 bridgehead atoms. The van der Waals surface area contributed by atoms with Crippen LogP contribution in [0.2, 0.25) is 0 Å². The van der Waals surface area contributed by atoms with Gasteiger partial charge in [-0.2, -0.15) is 0 Å². The van der Waals surface area contributed by atoms with Crippen molar-refractivity contribution in [3.63, 3.8) is 0 Å². The molecular formula is C21H34N4O6. The molecule has 174 valence electrons. The van der Waals surface area contributed by atoms with Gasteiger partial charge in [-0.05, 0) is 19.3 Å². The molecule has 31 heavy (non-hydrogen) atoms. The van der Waals surface area contributed by atoms with Crippen molar-refractivity contribution in [1.29, 1.82) is 0 Å². The zero-order chi connectivity index (χ0) is 22.2. The standard InChI is InChI=1S/C21H34N4O6/c1-3-13(12-26)25-17(19(28)23-6-7-24-8-10-30-11-9-24)21-5-4-14(31-21)15(18(27)22-2)16(21)20(25)29/h13-17,26H,3-12H2,1-2H3,(H,22,27)(H,23,28)/t13-,14+,15-,16-,17?,21?/m0/s1. The Bertz CT molecular complexity index is 710. The first-order valence-corrected chi connectivity index (χ1v) is 11.4. The van der Waals surface area contributed by atoms with Crippen LogP contribution in [0.15, 0.2) is 0 Å². The molecule has 0 radical (unpaired) electrons. The molecule has 6 atom stereocenters. The van der Waals surface area contributed by atoms with Crippen LogP contribution in [0, 0.1) is 11.8 Å². The number of nitrogens with one attached hydrogen (secondary N) is 2. The number of hydrogen-bond donors (Lipinski definition) is 3. The number of carbonyl (C=O) groups excluding carboxylic acids is 3. The maximum absolute atomic E-state index is 13.6. The molecule has 4 fully saturated rings. The molecule has 0 aromatic rings. The number of hydrogen-bond acceptors (Lipinski definition) is 7. The molecule has 10 heteroatoms. The molecule has 2 unspecified atom stereocenters. The van der Waals surface area contributed by atoms with Crippen molar-refractivity contribution in [2.24, 2.45) is 11.8 Å². The zero-order valence-corrected chi connectivity index (χ0v) is 18.3. The maximum atomic E-state index is 13.6. The van der Waals surface area contributed by atoms with E-state index in [0.717, 1.165) is 13.1 Å². The SMILES string of the molecule is CC[C@@H](CO)N1C(=O)[C@@H]2[C@@H](C(=O)NC)[C@H]3CCC2(O3)C1C(=O)NCCN1CCOCC1. The molecule has 10 nitrogen and oxygen atoms in total. The van der Waals surface area contributed by atoms with Gasteiger partial charge in [0.15, 0.2) is 0 Å². The number of aliphatic hydroxyl groups is 1. The molecule has 0 aliphatic carbocycles. The summed E-state index contributed by atoms with van der Waals surface area (Å²) in [7, 11) is 1.55. The average molecular weight is 439 g/mol. The molecule has 0 aromatic heterocycles. The van der Waals surface area contributed by atoms with E-state index < -0.39 is 29.5 Å². The molecule has 0 aromatic carbocycles. The van der Waals surface area contributed by atoms with Crippen LogP contribution in [-0.4, -0.2) is 109 Å². The van der Waals surface area contributed by atoms with Gasteiger partial charge in [-0.3, -0.25) is 19.3 Å². The number of nitrogens with zero attached hydrogens (tertiary/aromatic N) is 2. The number of likely N-dealkylation sites (tertiary alicyclic amines) is 1. The van der Waals surface area contributed by atoms with E-state index >= 15 is 0 Å². The summed E-state index contributed by atoms with van der Waals surface area (Å²) in [6.45, 7) is 5.83. The number of aliphatic hydroxyl groups excluding tert-OH is 1. The number of ether oxygens (including phenoxy) is 2. The first kappa shape index (κ1) is 22.4. The number of fused-ring (bicyclic) bond motifs is 1. The van der Waals surface area contributed by atoms with Gasteiger partial charge in [-0.25, -0.2) is 0 Å². The molecular weight excluding hydrogens is 404 g/mol. The molecule has 0 saturated carbocycles. The molecule has 1 spiro atoms. The Hall–Kier alpha value is -1.75. The van der Waals surface area contributed by atoms with E-state index in [9.17, 15) is 19.5 Å². The Labute approximate surface area is 182 Å². The summed E-state index contributed by atoms with van der Waals surface area (Å²) in [5.41, 5.74) is -1.01. The lowest BCUT2D eigenvalue weighted by atomic mass is 9.70. The lowest BCUT2D eigenvalue weighted by Crippen LogP contribution is -2.58. The van der Waals surface area contributed by atoms with Gasteiger partial charge in [0.2, 0.25) is 17.7 Å². The lowest BCUT2D eigenvalue weighted by molar-refractivity contribution is -0.145. The topological polar surface area (TPSA) is 120 Å². The fourth-order valence-corrected chi connectivity index (χ4v) is 5.92. The molecule has 4 heterocycles. The van der Waals surface area contributed by atoms with Crippen molar-refractivity contribution in [2.45, 2.75) is 50.0 Å². The van der Waals surface area contributed by atoms with E-state index in [1.54, 1.807) is 7.05 Å². The minimum atomic E-state index is -1.01. The minimum absolute atomic E-state index is 0.227. The molecule has 4 rings (SSSR count). The lowest BCUT2D eigenvalue weighted by Gasteiger charge is -2.36. The summed E-state index contributed by atoms with van der Waals surface area (Å²) in [5.74, 6) is -2.05. The second-order valence-corrected chi connectivity index (χ2v) is 8.91. The second kappa shape index (κ2) is 9.01. The van der Waals surface area contributed by atoms with Gasteiger partial charge in [0.05, 0.1) is 43.8 Å². The molecule has 4 aliphatic heterocycles. The number of carbonyl (C=O) groups is 3. The van der Waals surface area contributed by atoms with Crippen molar-refractivity contribution in [2.75, 3.05) is 53.0 Å². The Morgan fingerprint density at radius 2 is 2.03 bits per heavy atom. The number of morpholine rings is 1. The van der Waals surface area contributed by atoms with E-state index in [2.05, 4.69) is 15.5 Å². The van der Waals surface area contributed by atoms with E-state index in [1.807, 2.05) is 6.92 Å². The second-order valence-electron chi connectivity index (χ2n) is 8.91. The van der Waals surface area contributed by atoms with Crippen molar-refractivity contribution >= 4 is 17.7 Å². The summed E-state index contributed by atoms with van der Waals surface area (Å²) in [6, 6.07) is -1.33. The highest BCUT2D eigenvalue weighted by molar-refractivity contribution is 5.99. The van der Waals surface area contributed by atoms with E-state index in [4.69, 9.17) is 9.47 Å². The van der Waals surface area contributed by atoms with E-state index in [0.29, 0.717) is 45.6 Å². The van der Waals surface area contributed by atoms with Gasteiger partial charge < -0.3 is 30.1 Å². The monoisotopic (exact) mass is 438 g/mol. The summed E-state index contributed by atoms with van der Waals surface area (Å²) in [4.78, 5) is 43.3. The quantitative estimate of drug-likeness (QED) is 0.414. The number of amides is 3. The molecule has 4 saturated heterocycles. The molecule has 4 aliphatic rings. The van der Waals surface area contributed by atoms with Gasteiger partial charge in [0, 0.05) is 33.2 Å². The largest absolute Gasteiger partial charge is 0.394 e. The van der Waals surface area contributed by atoms with Crippen LogP contribution in [0.3, 0.4) is 0 Å².